The number of hydrogen-bond donors (Lipinski definition) is 2. The Labute approximate surface area is 178 Å². The largest absolute Gasteiger partial charge is 0.493 e. The molecule has 0 aliphatic carbocycles. The molecule has 6 nitrogen and oxygen atoms in total. The molecule has 0 saturated heterocycles. The molecule has 0 radical (unpaired) electrons. The summed E-state index contributed by atoms with van der Waals surface area (Å²) in [5, 5.41) is 20.7. The highest BCUT2D eigenvalue weighted by Crippen LogP contribution is 2.39. The Hall–Kier alpha value is -4.19. The highest BCUT2D eigenvalue weighted by molar-refractivity contribution is 5.95. The summed E-state index contributed by atoms with van der Waals surface area (Å²) in [7, 11) is 0. The third kappa shape index (κ3) is 3.59. The number of benzene rings is 3. The van der Waals surface area contributed by atoms with Gasteiger partial charge in [0.15, 0.2) is 5.69 Å². The molecule has 0 bridgehead atoms. The SMILES string of the molecule is O=C(Cc1c[nH]c2ccccc12)N=Nc1c(O)n(Cc2ccccc2)c2ccccc12. The van der Waals surface area contributed by atoms with E-state index in [4.69, 9.17) is 0 Å². The van der Waals surface area contributed by atoms with Gasteiger partial charge in [-0.1, -0.05) is 66.7 Å². The van der Waals surface area contributed by atoms with E-state index in [1.807, 2.05) is 85.1 Å². The molecule has 2 N–H and O–H groups in total. The Kier molecular flexibility index (Phi) is 4.80. The van der Waals surface area contributed by atoms with Crippen LogP contribution in [0.3, 0.4) is 0 Å². The average molecular weight is 408 g/mol. The quantitative estimate of drug-likeness (QED) is 0.364. The molecule has 3 aromatic carbocycles. The third-order valence-electron chi connectivity index (χ3n) is 5.38. The predicted octanol–water partition coefficient (Wildman–Crippen LogP) is 5.73. The van der Waals surface area contributed by atoms with Gasteiger partial charge in [0, 0.05) is 22.5 Å². The molecule has 0 aliphatic rings. The molecule has 0 fully saturated rings. The molecule has 0 unspecified atom stereocenters. The van der Waals surface area contributed by atoms with Crippen LogP contribution in [0.5, 0.6) is 5.88 Å². The zero-order valence-corrected chi connectivity index (χ0v) is 16.7. The smallest absolute Gasteiger partial charge is 0.269 e. The molecule has 0 atom stereocenters. The number of fused-ring (bicyclic) bond motifs is 2. The molecular formula is C25H20N4O2. The van der Waals surface area contributed by atoms with Crippen molar-refractivity contribution in [2.75, 3.05) is 0 Å². The maximum absolute atomic E-state index is 12.5. The molecule has 0 aliphatic heterocycles. The Bertz CT molecular complexity index is 1410. The maximum Gasteiger partial charge on any atom is 0.269 e. The molecule has 0 saturated carbocycles. The first kappa shape index (κ1) is 18.8. The van der Waals surface area contributed by atoms with Gasteiger partial charge in [0.2, 0.25) is 5.88 Å². The number of azo groups is 1. The van der Waals surface area contributed by atoms with Gasteiger partial charge in [-0.05, 0) is 23.3 Å². The number of aromatic amines is 1. The lowest BCUT2D eigenvalue weighted by molar-refractivity contribution is -0.117. The van der Waals surface area contributed by atoms with Crippen LogP contribution in [0, 0.1) is 0 Å². The average Bonchev–Trinajstić information content (AvgIpc) is 3.32. The molecule has 152 valence electrons. The van der Waals surface area contributed by atoms with Crippen LogP contribution in [0.4, 0.5) is 5.69 Å². The number of para-hydroxylation sites is 2. The van der Waals surface area contributed by atoms with Crippen molar-refractivity contribution in [3.05, 3.63) is 96.2 Å². The van der Waals surface area contributed by atoms with E-state index in [-0.39, 0.29) is 18.2 Å². The zero-order chi connectivity index (χ0) is 21.2. The van der Waals surface area contributed by atoms with Crippen LogP contribution in [-0.4, -0.2) is 20.6 Å². The van der Waals surface area contributed by atoms with E-state index in [2.05, 4.69) is 15.2 Å². The summed E-state index contributed by atoms with van der Waals surface area (Å²) in [5.41, 5.74) is 4.04. The normalized spacial score (nSPS) is 11.6. The topological polar surface area (TPSA) is 82.7 Å². The van der Waals surface area contributed by atoms with Gasteiger partial charge in [-0.15, -0.1) is 10.2 Å². The van der Waals surface area contributed by atoms with Crippen molar-refractivity contribution in [3.63, 3.8) is 0 Å². The fourth-order valence-electron chi connectivity index (χ4n) is 3.88. The number of carbonyl (C=O) groups excluding carboxylic acids is 1. The minimum atomic E-state index is -0.371. The number of aromatic nitrogens is 2. The molecule has 2 aromatic heterocycles. The van der Waals surface area contributed by atoms with Crippen LogP contribution in [-0.2, 0) is 17.8 Å². The Balaban J connectivity index is 1.45. The molecule has 5 rings (SSSR count). The van der Waals surface area contributed by atoms with E-state index in [0.717, 1.165) is 32.9 Å². The van der Waals surface area contributed by atoms with Gasteiger partial charge in [-0.2, -0.15) is 0 Å². The summed E-state index contributed by atoms with van der Waals surface area (Å²) in [6.45, 7) is 0.492. The van der Waals surface area contributed by atoms with Gasteiger partial charge in [0.25, 0.3) is 5.91 Å². The second-order valence-electron chi connectivity index (χ2n) is 7.39. The van der Waals surface area contributed by atoms with Gasteiger partial charge in [0.1, 0.15) is 0 Å². The first-order valence-electron chi connectivity index (χ1n) is 10.0. The van der Waals surface area contributed by atoms with E-state index in [1.54, 1.807) is 4.57 Å². The molecular weight excluding hydrogens is 388 g/mol. The van der Waals surface area contributed by atoms with Crippen LogP contribution >= 0.6 is 0 Å². The molecule has 2 heterocycles. The van der Waals surface area contributed by atoms with Gasteiger partial charge in [-0.25, -0.2) is 0 Å². The van der Waals surface area contributed by atoms with Crippen molar-refractivity contribution in [1.82, 2.24) is 9.55 Å². The van der Waals surface area contributed by atoms with Gasteiger partial charge < -0.3 is 14.7 Å². The number of rotatable bonds is 5. The number of amides is 1. The summed E-state index contributed by atoms with van der Waals surface area (Å²) < 4.78 is 1.78. The van der Waals surface area contributed by atoms with Gasteiger partial charge in [0.05, 0.1) is 18.5 Å². The monoisotopic (exact) mass is 408 g/mol. The summed E-state index contributed by atoms with van der Waals surface area (Å²) in [4.78, 5) is 15.7. The fraction of sp³-hybridized carbons (Fsp3) is 0.0800. The Morgan fingerprint density at radius 3 is 2.45 bits per heavy atom. The van der Waals surface area contributed by atoms with Crippen molar-refractivity contribution in [2.24, 2.45) is 10.2 Å². The first-order valence-corrected chi connectivity index (χ1v) is 10.0. The highest BCUT2D eigenvalue weighted by atomic mass is 16.3. The van der Waals surface area contributed by atoms with Crippen molar-refractivity contribution in [1.29, 1.82) is 0 Å². The zero-order valence-electron chi connectivity index (χ0n) is 16.7. The molecule has 6 heteroatoms. The van der Waals surface area contributed by atoms with Crippen LogP contribution in [0.1, 0.15) is 11.1 Å². The number of hydrogen-bond acceptors (Lipinski definition) is 3. The van der Waals surface area contributed by atoms with Crippen molar-refractivity contribution in [3.8, 4) is 5.88 Å². The summed E-state index contributed by atoms with van der Waals surface area (Å²) in [5.74, 6) is -0.377. The molecule has 5 aromatic rings. The van der Waals surface area contributed by atoms with Gasteiger partial charge >= 0.3 is 0 Å². The molecule has 1 amide bonds. The molecule has 0 spiro atoms. The van der Waals surface area contributed by atoms with E-state index in [9.17, 15) is 9.90 Å². The highest BCUT2D eigenvalue weighted by Gasteiger charge is 2.17. The summed E-state index contributed by atoms with van der Waals surface area (Å²) in [6, 6.07) is 25.3. The van der Waals surface area contributed by atoms with Crippen molar-refractivity contribution in [2.45, 2.75) is 13.0 Å². The standard InChI is InChI=1S/C25H20N4O2/c30-23(14-18-15-26-21-12-6-4-10-19(18)21)27-28-24-20-11-5-7-13-22(20)29(25(24)31)16-17-8-2-1-3-9-17/h1-13,15,26,31H,14,16H2. The van der Waals surface area contributed by atoms with Gasteiger partial charge in [-0.3, -0.25) is 4.79 Å². The lowest BCUT2D eigenvalue weighted by Gasteiger charge is -2.06. The van der Waals surface area contributed by atoms with E-state index < -0.39 is 0 Å². The maximum atomic E-state index is 12.5. The second kappa shape index (κ2) is 7.91. The lowest BCUT2D eigenvalue weighted by Crippen LogP contribution is -1.98. The van der Waals surface area contributed by atoms with Crippen molar-refractivity contribution < 1.29 is 9.90 Å². The number of nitrogens with one attached hydrogen (secondary N) is 1. The second-order valence-corrected chi connectivity index (χ2v) is 7.39. The Morgan fingerprint density at radius 1 is 0.903 bits per heavy atom. The third-order valence-corrected chi connectivity index (χ3v) is 5.38. The van der Waals surface area contributed by atoms with E-state index in [0.29, 0.717) is 12.2 Å². The fourth-order valence-corrected chi connectivity index (χ4v) is 3.88. The number of carbonyl (C=O) groups is 1. The van der Waals surface area contributed by atoms with Crippen molar-refractivity contribution >= 4 is 33.4 Å². The summed E-state index contributed by atoms with van der Waals surface area (Å²) in [6.07, 6.45) is 1.96. The Morgan fingerprint density at radius 2 is 1.61 bits per heavy atom. The number of H-pyrrole nitrogens is 1. The molecule has 31 heavy (non-hydrogen) atoms. The predicted molar refractivity (Wildman–Crippen MR) is 121 cm³/mol. The minimum absolute atomic E-state index is 0.00584. The van der Waals surface area contributed by atoms with Crippen LogP contribution in [0.2, 0.25) is 0 Å². The van der Waals surface area contributed by atoms with Crippen LogP contribution in [0.15, 0.2) is 95.3 Å². The van der Waals surface area contributed by atoms with E-state index in [1.165, 1.54) is 0 Å². The summed E-state index contributed by atoms with van der Waals surface area (Å²) >= 11 is 0. The number of aromatic hydroxyl groups is 1. The van der Waals surface area contributed by atoms with E-state index >= 15 is 0 Å². The lowest BCUT2D eigenvalue weighted by atomic mass is 10.1. The van der Waals surface area contributed by atoms with Crippen LogP contribution < -0.4 is 0 Å². The minimum Gasteiger partial charge on any atom is -0.493 e. The van der Waals surface area contributed by atoms with Crippen LogP contribution in [0.25, 0.3) is 21.8 Å². The first-order chi connectivity index (χ1) is 15.2. The number of nitrogens with zero attached hydrogens (tertiary/aromatic N) is 3.